The van der Waals surface area contributed by atoms with Crippen molar-refractivity contribution >= 4 is 5.97 Å². The quantitative estimate of drug-likeness (QED) is 0.698. The van der Waals surface area contributed by atoms with E-state index in [0.29, 0.717) is 6.61 Å². The third-order valence-corrected chi connectivity index (χ3v) is 5.43. The second-order valence-electron chi connectivity index (χ2n) is 6.99. The van der Waals surface area contributed by atoms with E-state index in [1.807, 2.05) is 31.2 Å². The van der Waals surface area contributed by atoms with Crippen LogP contribution in [0.5, 0.6) is 5.75 Å². The predicted octanol–water partition coefficient (Wildman–Crippen LogP) is 3.65. The summed E-state index contributed by atoms with van der Waals surface area (Å²) < 4.78 is 10.7. The van der Waals surface area contributed by atoms with Crippen molar-refractivity contribution in [2.24, 2.45) is 5.92 Å². The Morgan fingerprint density at radius 2 is 1.93 bits per heavy atom. The molecule has 5 nitrogen and oxygen atoms in total. The zero-order valence-electron chi connectivity index (χ0n) is 16.3. The van der Waals surface area contributed by atoms with Gasteiger partial charge in [-0.05, 0) is 74.5 Å². The Hall–Kier alpha value is -2.40. The summed E-state index contributed by atoms with van der Waals surface area (Å²) in [5, 5.41) is 0. The van der Waals surface area contributed by atoms with Crippen LogP contribution in [0.25, 0.3) is 0 Å². The smallest absolute Gasteiger partial charge is 0.323 e. The van der Waals surface area contributed by atoms with E-state index in [-0.39, 0.29) is 24.0 Å². The number of hydrogen-bond acceptors (Lipinski definition) is 5. The minimum Gasteiger partial charge on any atom is -0.497 e. The Kier molecular flexibility index (Phi) is 6.45. The van der Waals surface area contributed by atoms with E-state index < -0.39 is 0 Å². The molecule has 3 rings (SSSR count). The molecule has 0 aliphatic carbocycles. The molecule has 27 heavy (non-hydrogen) atoms. The number of carbonyl (C=O) groups is 1. The first-order chi connectivity index (χ1) is 13.1. The van der Waals surface area contributed by atoms with Gasteiger partial charge >= 0.3 is 5.97 Å². The van der Waals surface area contributed by atoms with Gasteiger partial charge in [-0.3, -0.25) is 14.7 Å². The van der Waals surface area contributed by atoms with E-state index >= 15 is 0 Å². The topological polar surface area (TPSA) is 51.7 Å². The highest BCUT2D eigenvalue weighted by Crippen LogP contribution is 2.35. The summed E-state index contributed by atoms with van der Waals surface area (Å²) in [6.45, 7) is 5.30. The molecule has 1 saturated heterocycles. The number of esters is 1. The molecule has 0 bridgehead atoms. The Balaban J connectivity index is 1.80. The number of methoxy groups -OCH3 is 1. The summed E-state index contributed by atoms with van der Waals surface area (Å²) in [4.78, 5) is 19.2. The van der Waals surface area contributed by atoms with Crippen molar-refractivity contribution < 1.29 is 14.3 Å². The summed E-state index contributed by atoms with van der Waals surface area (Å²) >= 11 is 0. The number of hydrogen-bond donors (Lipinski definition) is 0. The number of nitrogens with zero attached hydrogens (tertiary/aromatic N) is 2. The fraction of sp³-hybridized carbons (Fsp3) is 0.455. The van der Waals surface area contributed by atoms with Gasteiger partial charge in [0.1, 0.15) is 11.8 Å². The Morgan fingerprint density at radius 1 is 1.22 bits per heavy atom. The van der Waals surface area contributed by atoms with Crippen LogP contribution in [0.1, 0.15) is 37.4 Å². The molecule has 0 radical (unpaired) electrons. The highest BCUT2D eigenvalue weighted by atomic mass is 16.5. The Labute approximate surface area is 161 Å². The molecule has 1 aromatic carbocycles. The van der Waals surface area contributed by atoms with E-state index in [1.165, 1.54) is 11.1 Å². The molecule has 0 amide bonds. The van der Waals surface area contributed by atoms with Crippen LogP contribution in [0.2, 0.25) is 0 Å². The molecule has 1 aliphatic heterocycles. The maximum atomic E-state index is 12.8. The van der Waals surface area contributed by atoms with Gasteiger partial charge in [-0.1, -0.05) is 12.1 Å². The van der Waals surface area contributed by atoms with Crippen LogP contribution in [0.15, 0.2) is 48.8 Å². The molecular formula is C22H28N2O3. The summed E-state index contributed by atoms with van der Waals surface area (Å²) in [6, 6.07) is 12.0. The second-order valence-corrected chi connectivity index (χ2v) is 6.99. The van der Waals surface area contributed by atoms with Crippen LogP contribution in [-0.4, -0.2) is 42.2 Å². The number of pyridine rings is 1. The molecule has 0 spiro atoms. The van der Waals surface area contributed by atoms with Gasteiger partial charge in [-0.25, -0.2) is 0 Å². The summed E-state index contributed by atoms with van der Waals surface area (Å²) in [5.74, 6) is 0.964. The van der Waals surface area contributed by atoms with Crippen LogP contribution >= 0.6 is 0 Å². The number of ether oxygens (including phenoxy) is 2. The van der Waals surface area contributed by atoms with Crippen molar-refractivity contribution in [1.82, 2.24) is 9.88 Å². The minimum atomic E-state index is -0.227. The van der Waals surface area contributed by atoms with Gasteiger partial charge in [0.2, 0.25) is 0 Å². The van der Waals surface area contributed by atoms with E-state index in [1.54, 1.807) is 19.5 Å². The van der Waals surface area contributed by atoms with Crippen molar-refractivity contribution in [2.75, 3.05) is 20.3 Å². The predicted molar refractivity (Wildman–Crippen MR) is 105 cm³/mol. The Bertz CT molecular complexity index is 733. The SMILES string of the molecule is CCOC(=O)[C@H]1[C@@H](Cc2ccncc2)CCN1[C@H](C)c1ccc(OC)cc1. The van der Waals surface area contributed by atoms with Crippen LogP contribution in [0, 0.1) is 5.92 Å². The number of rotatable bonds is 7. The molecule has 0 unspecified atom stereocenters. The van der Waals surface area contributed by atoms with Crippen LogP contribution in [-0.2, 0) is 16.0 Å². The monoisotopic (exact) mass is 368 g/mol. The minimum absolute atomic E-state index is 0.116. The molecule has 2 heterocycles. The van der Waals surface area contributed by atoms with Crippen molar-refractivity contribution in [3.8, 4) is 5.75 Å². The third kappa shape index (κ3) is 4.48. The first-order valence-electron chi connectivity index (χ1n) is 9.59. The molecule has 1 aromatic heterocycles. The number of benzene rings is 1. The average Bonchev–Trinajstić information content (AvgIpc) is 3.12. The van der Waals surface area contributed by atoms with Gasteiger partial charge in [-0.2, -0.15) is 0 Å². The number of likely N-dealkylation sites (tertiary alicyclic amines) is 1. The maximum absolute atomic E-state index is 12.8. The lowest BCUT2D eigenvalue weighted by Crippen LogP contribution is -2.42. The summed E-state index contributed by atoms with van der Waals surface area (Å²) in [6.07, 6.45) is 5.45. The lowest BCUT2D eigenvalue weighted by Gasteiger charge is -2.32. The number of aromatic nitrogens is 1. The molecule has 2 aromatic rings. The third-order valence-electron chi connectivity index (χ3n) is 5.43. The first-order valence-corrected chi connectivity index (χ1v) is 9.59. The normalized spacial score (nSPS) is 21.0. The van der Waals surface area contributed by atoms with E-state index in [9.17, 15) is 4.79 Å². The van der Waals surface area contributed by atoms with Crippen molar-refractivity contribution in [3.63, 3.8) is 0 Å². The van der Waals surface area contributed by atoms with Gasteiger partial charge < -0.3 is 9.47 Å². The molecule has 144 valence electrons. The summed E-state index contributed by atoms with van der Waals surface area (Å²) in [7, 11) is 1.67. The lowest BCUT2D eigenvalue weighted by atomic mass is 9.92. The highest BCUT2D eigenvalue weighted by Gasteiger charge is 2.42. The summed E-state index contributed by atoms with van der Waals surface area (Å²) in [5.41, 5.74) is 2.39. The molecule has 5 heteroatoms. The van der Waals surface area contributed by atoms with E-state index in [2.05, 4.69) is 28.9 Å². The molecule has 1 aliphatic rings. The molecule has 0 saturated carbocycles. The Morgan fingerprint density at radius 3 is 2.56 bits per heavy atom. The molecular weight excluding hydrogens is 340 g/mol. The van der Waals surface area contributed by atoms with Crippen molar-refractivity contribution in [2.45, 2.75) is 38.8 Å². The van der Waals surface area contributed by atoms with Crippen LogP contribution in [0.4, 0.5) is 0 Å². The standard InChI is InChI=1S/C22H28N2O3/c1-4-27-22(25)21-19(15-17-9-12-23-13-10-17)11-14-24(21)16(2)18-5-7-20(26-3)8-6-18/h5-10,12-13,16,19,21H,4,11,14-15H2,1-3H3/t16-,19-,21-/m1/s1. The second kappa shape index (κ2) is 9.00. The van der Waals surface area contributed by atoms with Gasteiger partial charge in [0.15, 0.2) is 0 Å². The average molecular weight is 368 g/mol. The molecule has 0 N–H and O–H groups in total. The van der Waals surface area contributed by atoms with Crippen molar-refractivity contribution in [1.29, 1.82) is 0 Å². The fourth-order valence-electron chi connectivity index (χ4n) is 3.98. The van der Waals surface area contributed by atoms with Gasteiger partial charge in [0.25, 0.3) is 0 Å². The van der Waals surface area contributed by atoms with Gasteiger partial charge in [-0.15, -0.1) is 0 Å². The van der Waals surface area contributed by atoms with E-state index in [4.69, 9.17) is 9.47 Å². The van der Waals surface area contributed by atoms with Crippen LogP contribution < -0.4 is 4.74 Å². The largest absolute Gasteiger partial charge is 0.497 e. The lowest BCUT2D eigenvalue weighted by molar-refractivity contribution is -0.150. The maximum Gasteiger partial charge on any atom is 0.323 e. The van der Waals surface area contributed by atoms with E-state index in [0.717, 1.165) is 25.1 Å². The number of carbonyl (C=O) groups excluding carboxylic acids is 1. The zero-order valence-corrected chi connectivity index (χ0v) is 16.3. The molecule has 1 fully saturated rings. The fourth-order valence-corrected chi connectivity index (χ4v) is 3.98. The van der Waals surface area contributed by atoms with Crippen molar-refractivity contribution in [3.05, 3.63) is 59.9 Å². The van der Waals surface area contributed by atoms with Gasteiger partial charge in [0.05, 0.1) is 13.7 Å². The first kappa shape index (κ1) is 19.4. The molecule has 3 atom stereocenters. The van der Waals surface area contributed by atoms with Gasteiger partial charge in [0, 0.05) is 18.4 Å². The zero-order chi connectivity index (χ0) is 19.2. The highest BCUT2D eigenvalue weighted by molar-refractivity contribution is 5.76. The van der Waals surface area contributed by atoms with Crippen LogP contribution in [0.3, 0.4) is 0 Å².